The maximum Gasteiger partial charge on any atom is 0.143 e. The van der Waals surface area contributed by atoms with Crippen LogP contribution in [-0.2, 0) is 6.42 Å². The van der Waals surface area contributed by atoms with E-state index in [1.165, 1.54) is 5.56 Å². The molecule has 1 aliphatic rings. The van der Waals surface area contributed by atoms with E-state index in [0.717, 1.165) is 30.9 Å². The predicted octanol–water partition coefficient (Wildman–Crippen LogP) is 3.86. The van der Waals surface area contributed by atoms with E-state index in [4.69, 9.17) is 4.74 Å². The molecule has 1 N–H and O–H groups in total. The zero-order valence-corrected chi connectivity index (χ0v) is 13.2. The molecule has 2 aromatic rings. The van der Waals surface area contributed by atoms with Crippen LogP contribution in [0, 0.1) is 5.92 Å². The van der Waals surface area contributed by atoms with Crippen molar-refractivity contribution in [3.8, 4) is 11.5 Å². The van der Waals surface area contributed by atoms with Crippen molar-refractivity contribution >= 4 is 5.69 Å². The van der Waals surface area contributed by atoms with E-state index in [-0.39, 0.29) is 11.9 Å². The van der Waals surface area contributed by atoms with Crippen molar-refractivity contribution in [2.75, 3.05) is 18.0 Å². The Hall–Kier alpha value is -2.16. The summed E-state index contributed by atoms with van der Waals surface area (Å²) in [5.74, 6) is 1.72. The Labute approximate surface area is 132 Å². The number of hydrogen-bond donors (Lipinski definition) is 1. The molecule has 116 valence electrons. The summed E-state index contributed by atoms with van der Waals surface area (Å²) in [6.45, 7) is 6.24. The van der Waals surface area contributed by atoms with E-state index >= 15 is 0 Å². The van der Waals surface area contributed by atoms with Crippen LogP contribution in [0.4, 0.5) is 5.69 Å². The van der Waals surface area contributed by atoms with Crippen LogP contribution in [0.15, 0.2) is 48.5 Å². The maximum absolute atomic E-state index is 9.76. The number of nitrogens with zero attached hydrogens (tertiary/aromatic N) is 1. The fourth-order valence-electron chi connectivity index (χ4n) is 3.01. The average Bonchev–Trinajstić information content (AvgIpc) is 2.48. The molecule has 3 heteroatoms. The zero-order chi connectivity index (χ0) is 15.5. The number of benzene rings is 2. The van der Waals surface area contributed by atoms with Gasteiger partial charge in [0.05, 0.1) is 12.2 Å². The van der Waals surface area contributed by atoms with Crippen LogP contribution in [0.5, 0.6) is 11.5 Å². The lowest BCUT2D eigenvalue weighted by Crippen LogP contribution is -2.42. The van der Waals surface area contributed by atoms with Gasteiger partial charge in [-0.2, -0.15) is 0 Å². The number of fused-ring (bicyclic) bond motifs is 1. The van der Waals surface area contributed by atoms with Crippen molar-refractivity contribution in [2.45, 2.75) is 26.4 Å². The summed E-state index contributed by atoms with van der Waals surface area (Å²) >= 11 is 0. The number of hydrogen-bond acceptors (Lipinski definition) is 3. The first-order chi connectivity index (χ1) is 10.6. The van der Waals surface area contributed by atoms with Gasteiger partial charge in [0.1, 0.15) is 17.6 Å². The molecule has 0 aliphatic carbocycles. The molecule has 22 heavy (non-hydrogen) atoms. The minimum absolute atomic E-state index is 0.137. The highest BCUT2D eigenvalue weighted by atomic mass is 16.5. The Morgan fingerprint density at radius 2 is 1.95 bits per heavy atom. The van der Waals surface area contributed by atoms with Crippen molar-refractivity contribution in [1.82, 2.24) is 0 Å². The smallest absolute Gasteiger partial charge is 0.143 e. The van der Waals surface area contributed by atoms with Gasteiger partial charge in [0.2, 0.25) is 0 Å². The van der Waals surface area contributed by atoms with Crippen LogP contribution in [0.2, 0.25) is 0 Å². The highest BCUT2D eigenvalue weighted by Gasteiger charge is 2.26. The summed E-state index contributed by atoms with van der Waals surface area (Å²) in [5.41, 5.74) is 2.29. The van der Waals surface area contributed by atoms with Gasteiger partial charge in [-0.1, -0.05) is 44.2 Å². The molecule has 0 bridgehead atoms. The normalized spacial score (nSPS) is 17.2. The fourth-order valence-corrected chi connectivity index (χ4v) is 3.01. The number of phenols is 1. The van der Waals surface area contributed by atoms with Gasteiger partial charge in [0.25, 0.3) is 0 Å². The molecule has 3 nitrogen and oxygen atoms in total. The van der Waals surface area contributed by atoms with Gasteiger partial charge in [-0.3, -0.25) is 0 Å². The summed E-state index contributed by atoms with van der Waals surface area (Å²) in [7, 11) is 0. The minimum Gasteiger partial charge on any atom is -0.508 e. The van der Waals surface area contributed by atoms with Crippen LogP contribution >= 0.6 is 0 Å². The van der Waals surface area contributed by atoms with Crippen LogP contribution in [-0.4, -0.2) is 24.3 Å². The Morgan fingerprint density at radius 1 is 1.18 bits per heavy atom. The van der Waals surface area contributed by atoms with Crippen LogP contribution in [0.25, 0.3) is 0 Å². The van der Waals surface area contributed by atoms with Gasteiger partial charge in [-0.05, 0) is 23.6 Å². The van der Waals surface area contributed by atoms with E-state index in [9.17, 15) is 5.11 Å². The first kappa shape index (κ1) is 14.8. The topological polar surface area (TPSA) is 32.7 Å². The predicted molar refractivity (Wildman–Crippen MR) is 89.7 cm³/mol. The quantitative estimate of drug-likeness (QED) is 0.930. The third kappa shape index (κ3) is 3.35. The molecule has 1 heterocycles. The van der Waals surface area contributed by atoms with Gasteiger partial charge in [0.15, 0.2) is 0 Å². The van der Waals surface area contributed by atoms with E-state index < -0.39 is 0 Å². The molecule has 1 atom stereocenters. The fraction of sp³-hybridized carbons (Fsp3) is 0.368. The van der Waals surface area contributed by atoms with Crippen molar-refractivity contribution in [3.05, 3.63) is 54.1 Å². The van der Waals surface area contributed by atoms with Crippen molar-refractivity contribution in [2.24, 2.45) is 5.92 Å². The molecular weight excluding hydrogens is 274 g/mol. The third-order valence-corrected chi connectivity index (χ3v) is 3.89. The van der Waals surface area contributed by atoms with Gasteiger partial charge in [0, 0.05) is 19.0 Å². The second-order valence-electron chi connectivity index (χ2n) is 6.38. The molecule has 0 fully saturated rings. The lowest BCUT2D eigenvalue weighted by molar-refractivity contribution is 0.192. The summed E-state index contributed by atoms with van der Waals surface area (Å²) in [6, 6.07) is 15.8. The number of aromatic hydroxyl groups is 1. The van der Waals surface area contributed by atoms with Gasteiger partial charge < -0.3 is 14.7 Å². The SMILES string of the molecule is CC(C)CN1CC(Cc2ccccc2)Oc2ccc(O)cc21. The first-order valence-corrected chi connectivity index (χ1v) is 7.90. The van der Waals surface area contributed by atoms with Crippen molar-refractivity contribution in [1.29, 1.82) is 0 Å². The lowest BCUT2D eigenvalue weighted by Gasteiger charge is -2.37. The number of phenolic OH excluding ortho intramolecular Hbond substituents is 1. The standard InChI is InChI=1S/C19H23NO2/c1-14(2)12-20-13-17(10-15-6-4-3-5-7-15)22-19-9-8-16(21)11-18(19)20/h3-9,11,14,17,21H,10,12-13H2,1-2H3. The van der Waals surface area contributed by atoms with Gasteiger partial charge in [-0.25, -0.2) is 0 Å². The Balaban J connectivity index is 1.83. The van der Waals surface area contributed by atoms with Gasteiger partial charge >= 0.3 is 0 Å². The Kier molecular flexibility index (Phi) is 4.23. The highest BCUT2D eigenvalue weighted by Crippen LogP contribution is 2.37. The molecule has 0 saturated carbocycles. The first-order valence-electron chi connectivity index (χ1n) is 7.90. The van der Waals surface area contributed by atoms with E-state index in [2.05, 4.69) is 43.0 Å². The Bertz CT molecular complexity index is 625. The average molecular weight is 297 g/mol. The second kappa shape index (κ2) is 6.30. The highest BCUT2D eigenvalue weighted by molar-refractivity contribution is 5.63. The minimum atomic E-state index is 0.137. The van der Waals surface area contributed by atoms with Crippen LogP contribution in [0.1, 0.15) is 19.4 Å². The molecule has 0 radical (unpaired) electrons. The molecule has 0 aromatic heterocycles. The van der Waals surface area contributed by atoms with E-state index in [1.807, 2.05) is 12.1 Å². The van der Waals surface area contributed by atoms with E-state index in [1.54, 1.807) is 12.1 Å². The zero-order valence-electron chi connectivity index (χ0n) is 13.2. The monoisotopic (exact) mass is 297 g/mol. The molecular formula is C19H23NO2. The largest absolute Gasteiger partial charge is 0.508 e. The summed E-state index contributed by atoms with van der Waals surface area (Å²) in [4.78, 5) is 2.33. The third-order valence-electron chi connectivity index (χ3n) is 3.89. The van der Waals surface area contributed by atoms with Gasteiger partial charge in [-0.15, -0.1) is 0 Å². The number of anilines is 1. The maximum atomic E-state index is 9.76. The van der Waals surface area contributed by atoms with Crippen LogP contribution < -0.4 is 9.64 Å². The second-order valence-corrected chi connectivity index (χ2v) is 6.38. The summed E-state index contributed by atoms with van der Waals surface area (Å²) in [5, 5.41) is 9.76. The van der Waals surface area contributed by atoms with Crippen molar-refractivity contribution < 1.29 is 9.84 Å². The summed E-state index contributed by atoms with van der Waals surface area (Å²) in [6.07, 6.45) is 1.04. The summed E-state index contributed by atoms with van der Waals surface area (Å²) < 4.78 is 6.15. The number of rotatable bonds is 4. The molecule has 0 saturated heterocycles. The molecule has 0 spiro atoms. The molecule has 2 aromatic carbocycles. The van der Waals surface area contributed by atoms with Crippen LogP contribution in [0.3, 0.4) is 0 Å². The lowest BCUT2D eigenvalue weighted by atomic mass is 10.0. The Morgan fingerprint density at radius 3 is 2.68 bits per heavy atom. The number of ether oxygens (including phenoxy) is 1. The molecule has 0 amide bonds. The van der Waals surface area contributed by atoms with E-state index in [0.29, 0.717) is 5.92 Å². The molecule has 1 unspecified atom stereocenters. The van der Waals surface area contributed by atoms with Crippen molar-refractivity contribution in [3.63, 3.8) is 0 Å². The molecule has 1 aliphatic heterocycles. The molecule has 3 rings (SSSR count).